The van der Waals surface area contributed by atoms with Gasteiger partial charge in [-0.25, -0.2) is 14.5 Å². The molecule has 25 heavy (non-hydrogen) atoms. The molecule has 0 fully saturated rings. The number of benzene rings is 2. The van der Waals surface area contributed by atoms with Crippen molar-refractivity contribution in [3.63, 3.8) is 0 Å². The molecular weight excluding hydrogens is 318 g/mol. The predicted octanol–water partition coefficient (Wildman–Crippen LogP) is 2.61. The number of hydrogen-bond acceptors (Lipinski definition) is 5. The summed E-state index contributed by atoms with van der Waals surface area (Å²) in [6.45, 7) is 0.603. The first kappa shape index (κ1) is 15.6. The van der Waals surface area contributed by atoms with Crippen LogP contribution in [0.1, 0.15) is 11.1 Å². The average molecular weight is 335 g/mol. The summed E-state index contributed by atoms with van der Waals surface area (Å²) < 4.78 is 11.3. The fourth-order valence-corrected chi connectivity index (χ4v) is 3.42. The van der Waals surface area contributed by atoms with Crippen molar-refractivity contribution in [3.05, 3.63) is 71.8 Å². The first-order chi connectivity index (χ1) is 12.1. The molecule has 2 heterocycles. The van der Waals surface area contributed by atoms with Gasteiger partial charge in [0.2, 0.25) is 0 Å². The molecular formula is C20H17NO4. The van der Waals surface area contributed by atoms with E-state index in [4.69, 9.17) is 9.47 Å². The van der Waals surface area contributed by atoms with E-state index < -0.39 is 17.8 Å². The summed E-state index contributed by atoms with van der Waals surface area (Å²) in [7, 11) is 1.79. The standard InChI is InChI=1S/C20H17NO4/c1-21-13-12-15-8-5-9-16(14-6-3-2-4-7-14)19(15)20(21)24-17(22)10-11-18(23)25-20/h2-11H,12-13H2,1H3. The van der Waals surface area contributed by atoms with Crippen LogP contribution in [0.2, 0.25) is 0 Å². The van der Waals surface area contributed by atoms with Crippen LogP contribution >= 0.6 is 0 Å². The molecule has 0 aliphatic carbocycles. The van der Waals surface area contributed by atoms with Crippen LogP contribution < -0.4 is 0 Å². The van der Waals surface area contributed by atoms with Gasteiger partial charge >= 0.3 is 17.8 Å². The summed E-state index contributed by atoms with van der Waals surface area (Å²) in [5.41, 5.74) is 3.56. The minimum absolute atomic E-state index is 0.603. The Hall–Kier alpha value is -2.92. The second kappa shape index (κ2) is 5.86. The smallest absolute Gasteiger partial charge is 0.350 e. The molecule has 0 unspecified atom stereocenters. The second-order valence-corrected chi connectivity index (χ2v) is 6.13. The fourth-order valence-electron chi connectivity index (χ4n) is 3.42. The van der Waals surface area contributed by atoms with Gasteiger partial charge in [-0.1, -0.05) is 48.5 Å². The fraction of sp³-hybridized carbons (Fsp3) is 0.200. The number of carbonyl (C=O) groups excluding carboxylic acids is 2. The topological polar surface area (TPSA) is 55.8 Å². The van der Waals surface area contributed by atoms with Crippen molar-refractivity contribution < 1.29 is 19.1 Å². The second-order valence-electron chi connectivity index (χ2n) is 6.13. The van der Waals surface area contributed by atoms with Crippen LogP contribution in [-0.2, 0) is 31.4 Å². The molecule has 0 N–H and O–H groups in total. The van der Waals surface area contributed by atoms with Gasteiger partial charge in [0.15, 0.2) is 0 Å². The van der Waals surface area contributed by atoms with E-state index >= 15 is 0 Å². The van der Waals surface area contributed by atoms with Crippen LogP contribution in [-0.4, -0.2) is 30.4 Å². The largest absolute Gasteiger partial charge is 0.401 e. The Morgan fingerprint density at radius 3 is 2.28 bits per heavy atom. The summed E-state index contributed by atoms with van der Waals surface area (Å²) in [6.07, 6.45) is 2.98. The maximum absolute atomic E-state index is 12.1. The quantitative estimate of drug-likeness (QED) is 0.750. The highest BCUT2D eigenvalue weighted by atomic mass is 16.8. The summed E-state index contributed by atoms with van der Waals surface area (Å²) >= 11 is 0. The molecule has 0 saturated heterocycles. The van der Waals surface area contributed by atoms with Crippen LogP contribution in [0, 0.1) is 0 Å². The van der Waals surface area contributed by atoms with Crippen LogP contribution in [0.15, 0.2) is 60.7 Å². The van der Waals surface area contributed by atoms with Crippen molar-refractivity contribution in [2.24, 2.45) is 0 Å². The lowest BCUT2D eigenvalue weighted by Crippen LogP contribution is -2.53. The molecule has 2 aromatic carbocycles. The Kier molecular flexibility index (Phi) is 3.66. The molecule has 5 nitrogen and oxygen atoms in total. The Labute approximate surface area is 145 Å². The zero-order valence-electron chi connectivity index (χ0n) is 13.8. The molecule has 1 spiro atoms. The molecule has 0 aromatic heterocycles. The van der Waals surface area contributed by atoms with E-state index in [1.165, 1.54) is 0 Å². The minimum atomic E-state index is -1.56. The summed E-state index contributed by atoms with van der Waals surface area (Å²) in [5, 5.41) is 0. The SMILES string of the molecule is CN1CCc2cccc(-c3ccccc3)c2C12OC(=O)C=CC(=O)O2. The molecule has 0 atom stereocenters. The van der Waals surface area contributed by atoms with Crippen LogP contribution in [0.3, 0.4) is 0 Å². The number of fused-ring (bicyclic) bond motifs is 2. The number of ether oxygens (including phenoxy) is 2. The monoisotopic (exact) mass is 335 g/mol. The highest BCUT2D eigenvalue weighted by Crippen LogP contribution is 2.43. The van der Waals surface area contributed by atoms with Crippen molar-refractivity contribution in [1.29, 1.82) is 0 Å². The molecule has 0 bridgehead atoms. The third-order valence-corrected chi connectivity index (χ3v) is 4.60. The van der Waals surface area contributed by atoms with E-state index in [-0.39, 0.29) is 0 Å². The van der Waals surface area contributed by atoms with Crippen molar-refractivity contribution >= 4 is 11.9 Å². The molecule has 2 aliphatic heterocycles. The van der Waals surface area contributed by atoms with Crippen molar-refractivity contribution in [2.75, 3.05) is 13.6 Å². The number of esters is 2. The molecule has 0 amide bonds. The predicted molar refractivity (Wildman–Crippen MR) is 91.2 cm³/mol. The average Bonchev–Trinajstić information content (AvgIpc) is 2.78. The zero-order valence-corrected chi connectivity index (χ0v) is 13.8. The van der Waals surface area contributed by atoms with E-state index in [0.29, 0.717) is 12.1 Å². The van der Waals surface area contributed by atoms with E-state index in [0.717, 1.165) is 35.3 Å². The summed E-state index contributed by atoms with van der Waals surface area (Å²) in [4.78, 5) is 26.0. The van der Waals surface area contributed by atoms with Crippen LogP contribution in [0.5, 0.6) is 0 Å². The number of likely N-dealkylation sites (N-methyl/N-ethyl adjacent to an activating group) is 1. The number of hydrogen-bond donors (Lipinski definition) is 0. The third kappa shape index (κ3) is 2.53. The van der Waals surface area contributed by atoms with E-state index in [2.05, 4.69) is 0 Å². The van der Waals surface area contributed by atoms with Gasteiger partial charge in [-0.2, -0.15) is 0 Å². The molecule has 2 aromatic rings. The van der Waals surface area contributed by atoms with E-state index in [9.17, 15) is 9.59 Å². The van der Waals surface area contributed by atoms with Crippen molar-refractivity contribution in [3.8, 4) is 11.1 Å². The highest BCUT2D eigenvalue weighted by Gasteiger charge is 2.50. The van der Waals surface area contributed by atoms with E-state index in [1.54, 1.807) is 11.9 Å². The Bertz CT molecular complexity index is 853. The number of rotatable bonds is 1. The molecule has 0 radical (unpaired) electrons. The summed E-state index contributed by atoms with van der Waals surface area (Å²) in [6, 6.07) is 15.7. The molecule has 0 saturated carbocycles. The summed E-state index contributed by atoms with van der Waals surface area (Å²) in [5.74, 6) is -2.76. The lowest BCUT2D eigenvalue weighted by atomic mass is 9.88. The number of nitrogens with zero attached hydrogens (tertiary/aromatic N) is 1. The van der Waals surface area contributed by atoms with Gasteiger partial charge in [0.1, 0.15) is 0 Å². The molecule has 2 aliphatic rings. The zero-order chi connectivity index (χ0) is 17.4. The van der Waals surface area contributed by atoms with Crippen molar-refractivity contribution in [2.45, 2.75) is 12.3 Å². The Balaban J connectivity index is 1.98. The van der Waals surface area contributed by atoms with Gasteiger partial charge in [-0.3, -0.25) is 0 Å². The van der Waals surface area contributed by atoms with Crippen molar-refractivity contribution in [1.82, 2.24) is 4.90 Å². The first-order valence-electron chi connectivity index (χ1n) is 8.13. The maximum Gasteiger partial charge on any atom is 0.350 e. The minimum Gasteiger partial charge on any atom is -0.401 e. The van der Waals surface area contributed by atoms with Gasteiger partial charge in [0.25, 0.3) is 0 Å². The molecule has 5 heteroatoms. The van der Waals surface area contributed by atoms with Gasteiger partial charge in [-0.05, 0) is 30.2 Å². The van der Waals surface area contributed by atoms with Gasteiger partial charge in [0.05, 0.1) is 5.56 Å². The van der Waals surface area contributed by atoms with E-state index in [1.807, 2.05) is 48.5 Å². The Morgan fingerprint density at radius 2 is 1.60 bits per heavy atom. The first-order valence-corrected chi connectivity index (χ1v) is 8.13. The number of carbonyl (C=O) groups is 2. The van der Waals surface area contributed by atoms with Gasteiger partial charge in [0, 0.05) is 18.7 Å². The van der Waals surface area contributed by atoms with Gasteiger partial charge < -0.3 is 9.47 Å². The lowest BCUT2D eigenvalue weighted by molar-refractivity contribution is -0.289. The van der Waals surface area contributed by atoms with Gasteiger partial charge in [-0.15, -0.1) is 0 Å². The van der Waals surface area contributed by atoms with Crippen LogP contribution in [0.25, 0.3) is 11.1 Å². The molecule has 126 valence electrons. The normalized spacial score (nSPS) is 19.1. The van der Waals surface area contributed by atoms with Crippen LogP contribution in [0.4, 0.5) is 0 Å². The highest BCUT2D eigenvalue weighted by molar-refractivity contribution is 5.93. The maximum atomic E-state index is 12.1. The third-order valence-electron chi connectivity index (χ3n) is 4.60. The molecule has 4 rings (SSSR count). The Morgan fingerprint density at radius 1 is 0.920 bits per heavy atom. The lowest BCUT2D eigenvalue weighted by Gasteiger charge is -2.43.